The lowest BCUT2D eigenvalue weighted by molar-refractivity contribution is -0.137. The summed E-state index contributed by atoms with van der Waals surface area (Å²) in [5, 5.41) is 11.0. The van der Waals surface area contributed by atoms with Gasteiger partial charge in [0, 0.05) is 19.0 Å². The van der Waals surface area contributed by atoms with Crippen molar-refractivity contribution in [3.8, 4) is 0 Å². The summed E-state index contributed by atoms with van der Waals surface area (Å²) in [5.41, 5.74) is 0.952. The molecule has 0 fully saturated rings. The Morgan fingerprint density at radius 2 is 1.94 bits per heavy atom. The van der Waals surface area contributed by atoms with Crippen LogP contribution in [0.1, 0.15) is 18.4 Å². The van der Waals surface area contributed by atoms with Crippen molar-refractivity contribution in [2.45, 2.75) is 12.8 Å². The summed E-state index contributed by atoms with van der Waals surface area (Å²) < 4.78 is 0. The summed E-state index contributed by atoms with van der Waals surface area (Å²) in [7, 11) is 0. The fourth-order valence-corrected chi connectivity index (χ4v) is 1.25. The largest absolute Gasteiger partial charge is 0.481 e. The number of carbonyl (C=O) groups excluding carboxylic acids is 1. The van der Waals surface area contributed by atoms with Crippen LogP contribution in [0.25, 0.3) is 6.08 Å². The van der Waals surface area contributed by atoms with E-state index in [2.05, 4.69) is 5.32 Å². The lowest BCUT2D eigenvalue weighted by atomic mass is 10.2. The maximum Gasteiger partial charge on any atom is 0.303 e. The van der Waals surface area contributed by atoms with Gasteiger partial charge in [-0.1, -0.05) is 30.3 Å². The van der Waals surface area contributed by atoms with Gasteiger partial charge in [-0.05, 0) is 18.1 Å². The van der Waals surface area contributed by atoms with Gasteiger partial charge in [0.15, 0.2) is 0 Å². The predicted octanol–water partition coefficient (Wildman–Crippen LogP) is 1.68. The Kier molecular flexibility index (Phi) is 5.51. The van der Waals surface area contributed by atoms with E-state index in [-0.39, 0.29) is 12.3 Å². The molecule has 1 rings (SSSR count). The molecule has 0 bridgehead atoms. The van der Waals surface area contributed by atoms with E-state index in [1.807, 2.05) is 30.3 Å². The van der Waals surface area contributed by atoms with Crippen LogP contribution in [-0.4, -0.2) is 23.5 Å². The van der Waals surface area contributed by atoms with Crippen LogP contribution in [0.2, 0.25) is 0 Å². The third-order valence-electron chi connectivity index (χ3n) is 2.09. The van der Waals surface area contributed by atoms with Crippen molar-refractivity contribution >= 4 is 18.0 Å². The standard InChI is InChI=1S/C13H15NO3/c15-12(14-10-4-7-13(16)17)9-8-11-5-2-1-3-6-11/h1-3,5-6,8-9H,4,7,10H2,(H,14,15)(H,16,17). The van der Waals surface area contributed by atoms with Crippen LogP contribution >= 0.6 is 0 Å². The van der Waals surface area contributed by atoms with E-state index in [1.165, 1.54) is 6.08 Å². The van der Waals surface area contributed by atoms with Gasteiger partial charge >= 0.3 is 5.97 Å². The monoisotopic (exact) mass is 233 g/mol. The summed E-state index contributed by atoms with van der Waals surface area (Å²) in [5.74, 6) is -1.06. The molecular weight excluding hydrogens is 218 g/mol. The molecule has 4 heteroatoms. The van der Waals surface area contributed by atoms with Crippen LogP contribution in [0, 0.1) is 0 Å². The van der Waals surface area contributed by atoms with Gasteiger partial charge in [0.25, 0.3) is 0 Å². The van der Waals surface area contributed by atoms with Crippen molar-refractivity contribution in [1.29, 1.82) is 0 Å². The van der Waals surface area contributed by atoms with Crippen LogP contribution in [0.15, 0.2) is 36.4 Å². The van der Waals surface area contributed by atoms with E-state index >= 15 is 0 Å². The summed E-state index contributed by atoms with van der Waals surface area (Å²) in [6, 6.07) is 9.49. The second kappa shape index (κ2) is 7.22. The Morgan fingerprint density at radius 1 is 1.24 bits per heavy atom. The van der Waals surface area contributed by atoms with Crippen LogP contribution in [-0.2, 0) is 9.59 Å². The molecule has 0 radical (unpaired) electrons. The fourth-order valence-electron chi connectivity index (χ4n) is 1.25. The van der Waals surface area contributed by atoms with Gasteiger partial charge in [0.05, 0.1) is 0 Å². The minimum absolute atomic E-state index is 0.0721. The van der Waals surface area contributed by atoms with Gasteiger partial charge in [-0.2, -0.15) is 0 Å². The van der Waals surface area contributed by atoms with Gasteiger partial charge in [0.2, 0.25) is 5.91 Å². The summed E-state index contributed by atoms with van der Waals surface area (Å²) in [6.07, 6.45) is 3.67. The molecule has 0 aliphatic carbocycles. The van der Waals surface area contributed by atoms with E-state index in [9.17, 15) is 9.59 Å². The number of hydrogen-bond acceptors (Lipinski definition) is 2. The number of carboxylic acids is 1. The highest BCUT2D eigenvalue weighted by Gasteiger charge is 1.98. The minimum atomic E-state index is -0.848. The third kappa shape index (κ3) is 6.14. The van der Waals surface area contributed by atoms with Gasteiger partial charge in [-0.3, -0.25) is 9.59 Å². The Hall–Kier alpha value is -2.10. The van der Waals surface area contributed by atoms with Gasteiger partial charge < -0.3 is 10.4 Å². The molecule has 0 atom stereocenters. The fraction of sp³-hybridized carbons (Fsp3) is 0.231. The molecule has 4 nitrogen and oxygen atoms in total. The molecule has 0 heterocycles. The number of aliphatic carboxylic acids is 1. The number of amides is 1. The number of carboxylic acid groups (broad SMARTS) is 1. The maximum absolute atomic E-state index is 11.3. The number of hydrogen-bond donors (Lipinski definition) is 2. The predicted molar refractivity (Wildman–Crippen MR) is 65.4 cm³/mol. The van der Waals surface area contributed by atoms with E-state index < -0.39 is 5.97 Å². The summed E-state index contributed by atoms with van der Waals surface area (Å²) in [4.78, 5) is 21.5. The minimum Gasteiger partial charge on any atom is -0.481 e. The topological polar surface area (TPSA) is 66.4 Å². The van der Waals surface area contributed by atoms with Crippen molar-refractivity contribution in [2.24, 2.45) is 0 Å². The number of nitrogens with one attached hydrogen (secondary N) is 1. The molecule has 1 aromatic rings. The highest BCUT2D eigenvalue weighted by molar-refractivity contribution is 5.91. The first-order chi connectivity index (χ1) is 8.18. The molecule has 0 unspecified atom stereocenters. The van der Waals surface area contributed by atoms with Crippen molar-refractivity contribution in [1.82, 2.24) is 5.32 Å². The Balaban J connectivity index is 2.25. The molecular formula is C13H15NO3. The SMILES string of the molecule is O=C(O)CCCNC(=O)C=Cc1ccccc1. The lowest BCUT2D eigenvalue weighted by Gasteiger charge is -1.99. The Bertz CT molecular complexity index is 398. The van der Waals surface area contributed by atoms with Crippen molar-refractivity contribution < 1.29 is 14.7 Å². The molecule has 1 amide bonds. The Labute approximate surface area is 100.0 Å². The first-order valence-electron chi connectivity index (χ1n) is 5.41. The molecule has 90 valence electrons. The smallest absolute Gasteiger partial charge is 0.303 e. The second-order valence-electron chi connectivity index (χ2n) is 3.53. The zero-order chi connectivity index (χ0) is 12.5. The maximum atomic E-state index is 11.3. The van der Waals surface area contributed by atoms with Gasteiger partial charge in [0.1, 0.15) is 0 Å². The highest BCUT2D eigenvalue weighted by atomic mass is 16.4. The van der Waals surface area contributed by atoms with E-state index in [1.54, 1.807) is 6.08 Å². The first-order valence-corrected chi connectivity index (χ1v) is 5.41. The van der Waals surface area contributed by atoms with Crippen molar-refractivity contribution in [3.63, 3.8) is 0 Å². The van der Waals surface area contributed by atoms with Gasteiger partial charge in [-0.25, -0.2) is 0 Å². The Morgan fingerprint density at radius 3 is 2.59 bits per heavy atom. The lowest BCUT2D eigenvalue weighted by Crippen LogP contribution is -2.22. The van der Waals surface area contributed by atoms with E-state index in [0.29, 0.717) is 13.0 Å². The molecule has 1 aromatic carbocycles. The molecule has 0 aromatic heterocycles. The van der Waals surface area contributed by atoms with Crippen molar-refractivity contribution in [2.75, 3.05) is 6.54 Å². The molecule has 0 aliphatic heterocycles. The average molecular weight is 233 g/mol. The van der Waals surface area contributed by atoms with Crippen LogP contribution in [0.5, 0.6) is 0 Å². The number of rotatable bonds is 6. The van der Waals surface area contributed by atoms with Crippen LogP contribution in [0.4, 0.5) is 0 Å². The molecule has 2 N–H and O–H groups in total. The molecule has 0 spiro atoms. The van der Waals surface area contributed by atoms with Crippen LogP contribution in [0.3, 0.4) is 0 Å². The summed E-state index contributed by atoms with van der Waals surface area (Å²) in [6.45, 7) is 0.379. The first kappa shape index (κ1) is 13.0. The molecule has 0 saturated carbocycles. The average Bonchev–Trinajstić information content (AvgIpc) is 2.33. The van der Waals surface area contributed by atoms with Crippen LogP contribution < -0.4 is 5.32 Å². The number of benzene rings is 1. The van der Waals surface area contributed by atoms with Crippen molar-refractivity contribution in [3.05, 3.63) is 42.0 Å². The third-order valence-corrected chi connectivity index (χ3v) is 2.09. The molecule has 17 heavy (non-hydrogen) atoms. The molecule has 0 aliphatic rings. The second-order valence-corrected chi connectivity index (χ2v) is 3.53. The summed E-state index contributed by atoms with van der Waals surface area (Å²) >= 11 is 0. The highest BCUT2D eigenvalue weighted by Crippen LogP contribution is 2.00. The quantitative estimate of drug-likeness (QED) is 0.580. The molecule has 0 saturated heterocycles. The van der Waals surface area contributed by atoms with Gasteiger partial charge in [-0.15, -0.1) is 0 Å². The van der Waals surface area contributed by atoms with E-state index in [0.717, 1.165) is 5.56 Å². The zero-order valence-corrected chi connectivity index (χ0v) is 9.43. The normalized spacial score (nSPS) is 10.4. The zero-order valence-electron chi connectivity index (χ0n) is 9.43. The van der Waals surface area contributed by atoms with E-state index in [4.69, 9.17) is 5.11 Å². The number of carbonyl (C=O) groups is 2.